The summed E-state index contributed by atoms with van der Waals surface area (Å²) in [5.41, 5.74) is 0.185. The molecule has 1 unspecified atom stereocenters. The second kappa shape index (κ2) is 9.86. The topological polar surface area (TPSA) is 131 Å². The van der Waals surface area contributed by atoms with E-state index in [0.717, 1.165) is 6.07 Å². The van der Waals surface area contributed by atoms with Crippen LogP contribution >= 0.6 is 0 Å². The Morgan fingerprint density at radius 1 is 1.28 bits per heavy atom. The van der Waals surface area contributed by atoms with Crippen LogP contribution in [0, 0.1) is 16.0 Å². The van der Waals surface area contributed by atoms with Crippen molar-refractivity contribution in [1.29, 1.82) is 0 Å². The number of anilines is 2. The minimum atomic E-state index is -4.21. The first kappa shape index (κ1) is 23.3. The number of nitrogens with zero attached hydrogens (tertiary/aromatic N) is 2. The number of amides is 1. The molecule has 0 saturated carbocycles. The van der Waals surface area contributed by atoms with E-state index in [-0.39, 0.29) is 28.1 Å². The predicted molar refractivity (Wildman–Crippen MR) is 121 cm³/mol. The molecule has 1 atom stereocenters. The number of rotatable bonds is 8. The van der Waals surface area contributed by atoms with Gasteiger partial charge in [0.25, 0.3) is 15.7 Å². The van der Waals surface area contributed by atoms with Crippen LogP contribution in [0.15, 0.2) is 47.4 Å². The number of methoxy groups -OCH3 is 1. The Kier molecular flexibility index (Phi) is 7.18. The van der Waals surface area contributed by atoms with Crippen molar-refractivity contribution in [2.75, 3.05) is 36.4 Å². The zero-order valence-electron chi connectivity index (χ0n) is 17.9. The zero-order chi connectivity index (χ0) is 23.3. The molecule has 1 aliphatic rings. The Labute approximate surface area is 186 Å². The van der Waals surface area contributed by atoms with Crippen LogP contribution in [-0.2, 0) is 14.8 Å². The Morgan fingerprint density at radius 3 is 2.72 bits per heavy atom. The van der Waals surface area contributed by atoms with Crippen LogP contribution in [0.2, 0.25) is 0 Å². The number of hydrogen-bond donors (Lipinski definition) is 2. The van der Waals surface area contributed by atoms with Gasteiger partial charge in [0.2, 0.25) is 5.91 Å². The highest BCUT2D eigenvalue weighted by molar-refractivity contribution is 7.93. The molecule has 2 N–H and O–H groups in total. The number of carbonyl (C=O) groups is 1. The van der Waals surface area contributed by atoms with Gasteiger partial charge in [0, 0.05) is 31.8 Å². The molecule has 1 amide bonds. The summed E-state index contributed by atoms with van der Waals surface area (Å²) in [7, 11) is -2.79. The summed E-state index contributed by atoms with van der Waals surface area (Å²) in [4.78, 5) is 24.6. The lowest BCUT2D eigenvalue weighted by molar-refractivity contribution is -0.385. The molecule has 3 rings (SSSR count). The zero-order valence-corrected chi connectivity index (χ0v) is 18.7. The standard InChI is InChI=1S/C21H26N4O6S/c1-3-22-21(26)15-7-6-12-24(14-15)18-11-10-16(25(27)28)13-20(18)32(29,30)23-17-8-4-5-9-19(17)31-2/h4-5,8-11,13,15,23H,3,6-7,12,14H2,1-2H3,(H,22,26). The first-order valence-electron chi connectivity index (χ1n) is 10.2. The average molecular weight is 463 g/mol. The fourth-order valence-electron chi connectivity index (χ4n) is 3.75. The quantitative estimate of drug-likeness (QED) is 0.455. The van der Waals surface area contributed by atoms with Crippen molar-refractivity contribution in [2.24, 2.45) is 5.92 Å². The molecule has 0 spiro atoms. The highest BCUT2D eigenvalue weighted by atomic mass is 32.2. The lowest BCUT2D eigenvalue weighted by Gasteiger charge is -2.34. The van der Waals surface area contributed by atoms with Crippen LogP contribution in [0.1, 0.15) is 19.8 Å². The second-order valence-electron chi connectivity index (χ2n) is 7.39. The van der Waals surface area contributed by atoms with Crippen molar-refractivity contribution >= 4 is 33.0 Å². The Balaban J connectivity index is 2.01. The molecule has 0 bridgehead atoms. The molecule has 2 aromatic carbocycles. The van der Waals surface area contributed by atoms with Gasteiger partial charge < -0.3 is 15.0 Å². The van der Waals surface area contributed by atoms with Crippen molar-refractivity contribution < 1.29 is 22.9 Å². The highest BCUT2D eigenvalue weighted by Crippen LogP contribution is 2.35. The van der Waals surface area contributed by atoms with E-state index in [0.29, 0.717) is 43.9 Å². The second-order valence-corrected chi connectivity index (χ2v) is 9.05. The van der Waals surface area contributed by atoms with Crippen molar-refractivity contribution in [3.8, 4) is 5.75 Å². The van der Waals surface area contributed by atoms with E-state index >= 15 is 0 Å². The summed E-state index contributed by atoms with van der Waals surface area (Å²) in [6.45, 7) is 3.20. The molecular formula is C21H26N4O6S. The third-order valence-corrected chi connectivity index (χ3v) is 6.67. The minimum absolute atomic E-state index is 0.0873. The van der Waals surface area contributed by atoms with E-state index in [9.17, 15) is 23.3 Å². The van der Waals surface area contributed by atoms with Gasteiger partial charge in [-0.15, -0.1) is 0 Å². The smallest absolute Gasteiger partial charge is 0.270 e. The Morgan fingerprint density at radius 2 is 2.03 bits per heavy atom. The number of nitro benzene ring substituents is 1. The molecule has 1 heterocycles. The van der Waals surface area contributed by atoms with Crippen LogP contribution in [0.5, 0.6) is 5.75 Å². The van der Waals surface area contributed by atoms with Gasteiger partial charge in [-0.05, 0) is 38.0 Å². The average Bonchev–Trinajstić information content (AvgIpc) is 2.79. The number of nitrogens with one attached hydrogen (secondary N) is 2. The van der Waals surface area contributed by atoms with Crippen LogP contribution < -0.4 is 19.7 Å². The fourth-order valence-corrected chi connectivity index (χ4v) is 5.07. The normalized spacial score (nSPS) is 16.3. The molecule has 32 heavy (non-hydrogen) atoms. The van der Waals surface area contributed by atoms with Gasteiger partial charge in [-0.3, -0.25) is 19.6 Å². The van der Waals surface area contributed by atoms with E-state index in [1.54, 1.807) is 29.2 Å². The van der Waals surface area contributed by atoms with Crippen molar-refractivity contribution in [3.63, 3.8) is 0 Å². The van der Waals surface area contributed by atoms with Crippen molar-refractivity contribution in [1.82, 2.24) is 5.32 Å². The van der Waals surface area contributed by atoms with E-state index in [1.165, 1.54) is 19.2 Å². The number of para-hydroxylation sites is 2. The number of benzene rings is 2. The maximum absolute atomic E-state index is 13.3. The lowest BCUT2D eigenvalue weighted by Crippen LogP contribution is -2.43. The first-order chi connectivity index (χ1) is 15.3. The molecule has 172 valence electrons. The maximum atomic E-state index is 13.3. The summed E-state index contributed by atoms with van der Waals surface area (Å²) in [5.74, 6) is -0.0652. The Bertz CT molecular complexity index is 1110. The molecule has 1 fully saturated rings. The Hall–Kier alpha value is -3.34. The lowest BCUT2D eigenvalue weighted by atomic mass is 9.96. The van der Waals surface area contributed by atoms with Crippen LogP contribution in [0.4, 0.5) is 17.1 Å². The van der Waals surface area contributed by atoms with Gasteiger partial charge in [0.1, 0.15) is 10.6 Å². The molecular weight excluding hydrogens is 436 g/mol. The van der Waals surface area contributed by atoms with E-state index in [2.05, 4.69) is 10.0 Å². The third kappa shape index (κ3) is 5.10. The van der Waals surface area contributed by atoms with Gasteiger partial charge in [-0.2, -0.15) is 0 Å². The fraction of sp³-hybridized carbons (Fsp3) is 0.381. The maximum Gasteiger partial charge on any atom is 0.270 e. The largest absolute Gasteiger partial charge is 0.495 e. The van der Waals surface area contributed by atoms with Gasteiger partial charge in [-0.25, -0.2) is 8.42 Å². The molecule has 0 radical (unpaired) electrons. The molecule has 10 nitrogen and oxygen atoms in total. The number of sulfonamides is 1. The molecule has 0 aliphatic carbocycles. The number of ether oxygens (including phenoxy) is 1. The van der Waals surface area contributed by atoms with Gasteiger partial charge in [0.15, 0.2) is 0 Å². The summed E-state index contributed by atoms with van der Waals surface area (Å²) < 4.78 is 34.3. The number of piperidine rings is 1. The number of carbonyl (C=O) groups excluding carboxylic acids is 1. The molecule has 11 heteroatoms. The van der Waals surface area contributed by atoms with Crippen LogP contribution in [0.25, 0.3) is 0 Å². The number of hydrogen-bond acceptors (Lipinski definition) is 7. The number of nitro groups is 1. The summed E-state index contributed by atoms with van der Waals surface area (Å²) >= 11 is 0. The van der Waals surface area contributed by atoms with E-state index in [1.807, 2.05) is 6.92 Å². The highest BCUT2D eigenvalue weighted by Gasteiger charge is 2.31. The number of non-ortho nitro benzene ring substituents is 1. The van der Waals surface area contributed by atoms with Gasteiger partial charge >= 0.3 is 0 Å². The molecule has 0 aromatic heterocycles. The van der Waals surface area contributed by atoms with Crippen molar-refractivity contribution in [2.45, 2.75) is 24.7 Å². The summed E-state index contributed by atoms with van der Waals surface area (Å²) in [6, 6.07) is 10.2. The van der Waals surface area contributed by atoms with Gasteiger partial charge in [-0.1, -0.05) is 12.1 Å². The monoisotopic (exact) mass is 462 g/mol. The summed E-state index contributed by atoms with van der Waals surface area (Å²) in [6.07, 6.45) is 1.38. The minimum Gasteiger partial charge on any atom is -0.495 e. The predicted octanol–water partition coefficient (Wildman–Crippen LogP) is 2.76. The first-order valence-corrected chi connectivity index (χ1v) is 11.7. The SMILES string of the molecule is CCNC(=O)C1CCCN(c2ccc([N+](=O)[O-])cc2S(=O)(=O)Nc2ccccc2OC)C1. The van der Waals surface area contributed by atoms with E-state index in [4.69, 9.17) is 4.74 Å². The molecule has 1 saturated heterocycles. The van der Waals surface area contributed by atoms with E-state index < -0.39 is 14.9 Å². The third-order valence-electron chi connectivity index (χ3n) is 5.28. The molecule has 2 aromatic rings. The summed E-state index contributed by atoms with van der Waals surface area (Å²) in [5, 5.41) is 14.1. The van der Waals surface area contributed by atoms with Crippen LogP contribution in [0.3, 0.4) is 0 Å². The van der Waals surface area contributed by atoms with Crippen LogP contribution in [-0.4, -0.2) is 46.0 Å². The molecule has 1 aliphatic heterocycles. The van der Waals surface area contributed by atoms with Gasteiger partial charge in [0.05, 0.1) is 29.3 Å². The van der Waals surface area contributed by atoms with Crippen molar-refractivity contribution in [3.05, 3.63) is 52.6 Å².